The number of nitrogens with zero attached hydrogens (tertiary/aromatic N) is 1. The van der Waals surface area contributed by atoms with Crippen molar-refractivity contribution in [3.63, 3.8) is 0 Å². The molecule has 3 aromatic rings. The number of hydrogen-bond donors (Lipinski definition) is 3. The van der Waals surface area contributed by atoms with Crippen LogP contribution in [0.2, 0.25) is 0 Å². The second-order valence-electron chi connectivity index (χ2n) is 6.52. The van der Waals surface area contributed by atoms with Crippen LogP contribution >= 0.6 is 0 Å². The number of aromatic amines is 1. The first-order chi connectivity index (χ1) is 12.2. The number of benzene rings is 2. The van der Waals surface area contributed by atoms with Gasteiger partial charge in [0.15, 0.2) is 0 Å². The highest BCUT2D eigenvalue weighted by Crippen LogP contribution is 2.30. The van der Waals surface area contributed by atoms with Crippen molar-refractivity contribution in [2.75, 3.05) is 36.9 Å². The zero-order valence-electron chi connectivity index (χ0n) is 14.4. The maximum absolute atomic E-state index is 13.5. The molecule has 130 valence electrons. The monoisotopic (exact) mass is 338 g/mol. The average molecular weight is 338 g/mol. The van der Waals surface area contributed by atoms with E-state index in [4.69, 9.17) is 0 Å². The summed E-state index contributed by atoms with van der Waals surface area (Å²) in [4.78, 5) is 5.77. The molecule has 0 saturated carbocycles. The molecule has 0 spiro atoms. The number of aromatic nitrogens is 1. The van der Waals surface area contributed by atoms with Crippen LogP contribution in [0.5, 0.6) is 0 Å². The summed E-state index contributed by atoms with van der Waals surface area (Å²) < 4.78 is 13.5. The van der Waals surface area contributed by atoms with Crippen molar-refractivity contribution in [2.45, 2.75) is 13.0 Å². The van der Waals surface area contributed by atoms with Gasteiger partial charge >= 0.3 is 0 Å². The summed E-state index contributed by atoms with van der Waals surface area (Å²) in [7, 11) is 1.95. The summed E-state index contributed by atoms with van der Waals surface area (Å²) >= 11 is 0. The van der Waals surface area contributed by atoms with E-state index in [1.54, 1.807) is 12.1 Å². The molecule has 0 saturated heterocycles. The minimum atomic E-state index is -0.190. The van der Waals surface area contributed by atoms with Gasteiger partial charge in [0.2, 0.25) is 0 Å². The molecule has 0 amide bonds. The number of anilines is 2. The first-order valence-electron chi connectivity index (χ1n) is 8.77. The van der Waals surface area contributed by atoms with Crippen LogP contribution < -0.4 is 15.5 Å². The Morgan fingerprint density at radius 3 is 2.76 bits per heavy atom. The highest BCUT2D eigenvalue weighted by molar-refractivity contribution is 5.85. The quantitative estimate of drug-likeness (QED) is 0.624. The summed E-state index contributed by atoms with van der Waals surface area (Å²) in [6.45, 7) is 3.66. The first-order valence-corrected chi connectivity index (χ1v) is 8.77. The molecule has 2 heterocycles. The van der Waals surface area contributed by atoms with E-state index in [1.165, 1.54) is 16.9 Å². The molecule has 0 bridgehead atoms. The Labute approximate surface area is 147 Å². The summed E-state index contributed by atoms with van der Waals surface area (Å²) in [5, 5.41) is 7.67. The lowest BCUT2D eigenvalue weighted by Crippen LogP contribution is -2.30. The van der Waals surface area contributed by atoms with Crippen LogP contribution in [0.25, 0.3) is 10.9 Å². The van der Waals surface area contributed by atoms with Gasteiger partial charge in [0.25, 0.3) is 0 Å². The zero-order valence-corrected chi connectivity index (χ0v) is 14.4. The Morgan fingerprint density at radius 1 is 1.12 bits per heavy atom. The van der Waals surface area contributed by atoms with E-state index in [2.05, 4.69) is 44.8 Å². The lowest BCUT2D eigenvalue weighted by atomic mass is 10.0. The summed E-state index contributed by atoms with van der Waals surface area (Å²) in [5.41, 5.74) is 5.78. The van der Waals surface area contributed by atoms with Crippen molar-refractivity contribution < 1.29 is 4.39 Å². The van der Waals surface area contributed by atoms with Gasteiger partial charge in [0.05, 0.1) is 6.54 Å². The Balaban J connectivity index is 1.51. The molecule has 4 nitrogen and oxygen atoms in total. The van der Waals surface area contributed by atoms with Crippen LogP contribution in [0.15, 0.2) is 42.5 Å². The Kier molecular flexibility index (Phi) is 4.32. The SMILES string of the molecule is CNCCNc1ccc(N2CCc3c([nH]c4cc(F)ccc34)C2)cc1. The van der Waals surface area contributed by atoms with Crippen LogP contribution in [0, 0.1) is 5.82 Å². The summed E-state index contributed by atoms with van der Waals surface area (Å²) in [6, 6.07) is 13.6. The molecule has 1 aromatic heterocycles. The van der Waals surface area contributed by atoms with E-state index in [0.717, 1.165) is 49.2 Å². The molecule has 0 fully saturated rings. The Hall–Kier alpha value is -2.53. The van der Waals surface area contributed by atoms with E-state index in [-0.39, 0.29) is 5.82 Å². The Morgan fingerprint density at radius 2 is 1.96 bits per heavy atom. The van der Waals surface area contributed by atoms with Crippen molar-refractivity contribution in [1.82, 2.24) is 10.3 Å². The summed E-state index contributed by atoms with van der Waals surface area (Å²) in [5.74, 6) is -0.190. The van der Waals surface area contributed by atoms with Crippen LogP contribution in [0.3, 0.4) is 0 Å². The predicted octanol–water partition coefficient (Wildman–Crippen LogP) is 3.50. The van der Waals surface area contributed by atoms with Crippen molar-refractivity contribution in [3.8, 4) is 0 Å². The third kappa shape index (κ3) is 3.20. The fraction of sp³-hybridized carbons (Fsp3) is 0.300. The fourth-order valence-electron chi connectivity index (χ4n) is 3.56. The predicted molar refractivity (Wildman–Crippen MR) is 102 cm³/mol. The molecule has 0 atom stereocenters. The molecule has 0 radical (unpaired) electrons. The Bertz CT molecular complexity index is 869. The third-order valence-corrected chi connectivity index (χ3v) is 4.87. The number of hydrogen-bond acceptors (Lipinski definition) is 3. The molecule has 1 aliphatic rings. The molecule has 2 aromatic carbocycles. The van der Waals surface area contributed by atoms with Crippen molar-refractivity contribution in [3.05, 3.63) is 59.5 Å². The molecule has 25 heavy (non-hydrogen) atoms. The largest absolute Gasteiger partial charge is 0.384 e. The number of rotatable bonds is 5. The van der Waals surface area contributed by atoms with Gasteiger partial charge < -0.3 is 20.5 Å². The number of likely N-dealkylation sites (N-methyl/N-ethyl adjacent to an activating group) is 1. The van der Waals surface area contributed by atoms with Gasteiger partial charge in [0, 0.05) is 47.6 Å². The molecule has 1 aliphatic heterocycles. The van der Waals surface area contributed by atoms with Crippen LogP contribution in [-0.2, 0) is 13.0 Å². The van der Waals surface area contributed by atoms with Gasteiger partial charge in [-0.2, -0.15) is 0 Å². The highest BCUT2D eigenvalue weighted by atomic mass is 19.1. The van der Waals surface area contributed by atoms with E-state index in [0.29, 0.717) is 0 Å². The minimum absolute atomic E-state index is 0.190. The van der Waals surface area contributed by atoms with E-state index < -0.39 is 0 Å². The topological polar surface area (TPSA) is 43.1 Å². The van der Waals surface area contributed by atoms with Gasteiger partial charge in [-0.3, -0.25) is 0 Å². The minimum Gasteiger partial charge on any atom is -0.384 e. The number of nitrogens with one attached hydrogen (secondary N) is 3. The number of H-pyrrole nitrogens is 1. The number of fused-ring (bicyclic) bond motifs is 3. The molecule has 4 rings (SSSR count). The third-order valence-electron chi connectivity index (χ3n) is 4.87. The molecule has 5 heteroatoms. The second kappa shape index (κ2) is 6.76. The maximum Gasteiger partial charge on any atom is 0.125 e. The first kappa shape index (κ1) is 16.0. The molecule has 3 N–H and O–H groups in total. The number of halogens is 1. The van der Waals surface area contributed by atoms with Crippen LogP contribution in [-0.4, -0.2) is 31.7 Å². The smallest absolute Gasteiger partial charge is 0.125 e. The van der Waals surface area contributed by atoms with E-state index in [1.807, 2.05) is 13.1 Å². The lowest BCUT2D eigenvalue weighted by molar-refractivity contribution is 0.629. The second-order valence-corrected chi connectivity index (χ2v) is 6.52. The van der Waals surface area contributed by atoms with Crippen LogP contribution in [0.1, 0.15) is 11.3 Å². The van der Waals surface area contributed by atoms with Crippen molar-refractivity contribution >= 4 is 22.3 Å². The van der Waals surface area contributed by atoms with E-state index in [9.17, 15) is 4.39 Å². The normalized spacial score (nSPS) is 13.9. The molecular formula is C20H23FN4. The van der Waals surface area contributed by atoms with Gasteiger partial charge in [-0.25, -0.2) is 4.39 Å². The van der Waals surface area contributed by atoms with Gasteiger partial charge in [-0.05, 0) is 61.5 Å². The maximum atomic E-state index is 13.5. The van der Waals surface area contributed by atoms with E-state index >= 15 is 0 Å². The molecule has 0 aliphatic carbocycles. The highest BCUT2D eigenvalue weighted by Gasteiger charge is 2.21. The average Bonchev–Trinajstić information content (AvgIpc) is 2.99. The molecule has 0 unspecified atom stereocenters. The zero-order chi connectivity index (χ0) is 17.2. The van der Waals surface area contributed by atoms with Crippen molar-refractivity contribution in [1.29, 1.82) is 0 Å². The van der Waals surface area contributed by atoms with Gasteiger partial charge in [-0.1, -0.05) is 0 Å². The summed E-state index contributed by atoms with van der Waals surface area (Å²) in [6.07, 6.45) is 0.975. The van der Waals surface area contributed by atoms with Crippen molar-refractivity contribution in [2.24, 2.45) is 0 Å². The van der Waals surface area contributed by atoms with Gasteiger partial charge in [-0.15, -0.1) is 0 Å². The lowest BCUT2D eigenvalue weighted by Gasteiger charge is -2.29. The van der Waals surface area contributed by atoms with Gasteiger partial charge in [0.1, 0.15) is 5.82 Å². The standard InChI is InChI=1S/C20H23FN4/c1-22-9-10-23-15-3-5-16(6-4-15)25-11-8-18-17-7-2-14(21)12-19(17)24-20(18)13-25/h2-7,12,22-24H,8-11,13H2,1H3. The molecular weight excluding hydrogens is 315 g/mol. The van der Waals surface area contributed by atoms with Crippen LogP contribution in [0.4, 0.5) is 15.8 Å². The fourth-order valence-corrected chi connectivity index (χ4v) is 3.56.